The van der Waals surface area contributed by atoms with Gasteiger partial charge in [0.15, 0.2) is 0 Å². The van der Waals surface area contributed by atoms with E-state index in [9.17, 15) is 5.11 Å². The second-order valence-corrected chi connectivity index (χ2v) is 4.48. The molecule has 3 unspecified atom stereocenters. The number of fused-ring (bicyclic) bond motifs is 1. The van der Waals surface area contributed by atoms with Gasteiger partial charge in [0.25, 0.3) is 0 Å². The highest BCUT2D eigenvalue weighted by Crippen LogP contribution is 2.28. The van der Waals surface area contributed by atoms with Crippen LogP contribution in [-0.4, -0.2) is 17.3 Å². The van der Waals surface area contributed by atoms with Crippen LogP contribution in [0.2, 0.25) is 0 Å². The zero-order valence-corrected chi connectivity index (χ0v) is 9.40. The van der Waals surface area contributed by atoms with Crippen molar-refractivity contribution in [3.05, 3.63) is 29.8 Å². The van der Waals surface area contributed by atoms with Crippen molar-refractivity contribution in [3.63, 3.8) is 0 Å². The summed E-state index contributed by atoms with van der Waals surface area (Å²) in [5, 5.41) is 13.5. The van der Waals surface area contributed by atoms with Gasteiger partial charge in [0.05, 0.1) is 12.1 Å². The van der Waals surface area contributed by atoms with Crippen LogP contribution in [0.5, 0.6) is 0 Å². The Bertz CT molecular complexity index is 337. The lowest BCUT2D eigenvalue weighted by molar-refractivity contribution is 0.124. The zero-order valence-electron chi connectivity index (χ0n) is 9.40. The lowest BCUT2D eigenvalue weighted by atomic mass is 9.87. The Hall–Kier alpha value is -1.02. The van der Waals surface area contributed by atoms with E-state index in [-0.39, 0.29) is 12.1 Å². The van der Waals surface area contributed by atoms with Gasteiger partial charge in [-0.15, -0.1) is 0 Å². The first-order valence-electron chi connectivity index (χ1n) is 5.75. The molecule has 2 heteroatoms. The predicted molar refractivity (Wildman–Crippen MR) is 63.0 cm³/mol. The number of nitrogens with one attached hydrogen (secondary N) is 1. The molecule has 1 aliphatic rings. The monoisotopic (exact) mass is 205 g/mol. The topological polar surface area (TPSA) is 32.3 Å². The summed E-state index contributed by atoms with van der Waals surface area (Å²) in [4.78, 5) is 0. The maximum atomic E-state index is 10.1. The van der Waals surface area contributed by atoms with Crippen molar-refractivity contribution in [2.75, 3.05) is 5.32 Å². The highest BCUT2D eigenvalue weighted by molar-refractivity contribution is 5.54. The SMILES string of the molecule is CCC(C)C1Nc2ccccc2CC1O. The molecule has 1 aliphatic heterocycles. The average molecular weight is 205 g/mol. The van der Waals surface area contributed by atoms with E-state index < -0.39 is 0 Å². The molecular formula is C13H19NO. The number of hydrogen-bond acceptors (Lipinski definition) is 2. The zero-order chi connectivity index (χ0) is 10.8. The third kappa shape index (κ3) is 2.00. The van der Waals surface area contributed by atoms with E-state index >= 15 is 0 Å². The fraction of sp³-hybridized carbons (Fsp3) is 0.538. The van der Waals surface area contributed by atoms with Gasteiger partial charge >= 0.3 is 0 Å². The lowest BCUT2D eigenvalue weighted by Gasteiger charge is -2.35. The number of benzene rings is 1. The Kier molecular flexibility index (Phi) is 2.96. The molecule has 2 rings (SSSR count). The van der Waals surface area contributed by atoms with Gasteiger partial charge in [-0.3, -0.25) is 0 Å². The second kappa shape index (κ2) is 4.23. The van der Waals surface area contributed by atoms with Crippen LogP contribution in [0.3, 0.4) is 0 Å². The fourth-order valence-electron chi connectivity index (χ4n) is 2.24. The molecule has 1 heterocycles. The van der Waals surface area contributed by atoms with Crippen molar-refractivity contribution in [2.45, 2.75) is 38.8 Å². The van der Waals surface area contributed by atoms with Crippen molar-refractivity contribution in [3.8, 4) is 0 Å². The van der Waals surface area contributed by atoms with Crippen LogP contribution in [-0.2, 0) is 6.42 Å². The Balaban J connectivity index is 2.22. The number of aliphatic hydroxyl groups excluding tert-OH is 1. The van der Waals surface area contributed by atoms with E-state index in [1.165, 1.54) is 11.3 Å². The Labute approximate surface area is 91.3 Å². The second-order valence-electron chi connectivity index (χ2n) is 4.48. The van der Waals surface area contributed by atoms with Gasteiger partial charge in [-0.25, -0.2) is 0 Å². The third-order valence-electron chi connectivity index (χ3n) is 3.44. The third-order valence-corrected chi connectivity index (χ3v) is 3.44. The Morgan fingerprint density at radius 3 is 2.93 bits per heavy atom. The summed E-state index contributed by atoms with van der Waals surface area (Å²) in [6.07, 6.45) is 1.62. The molecule has 0 aromatic heterocycles. The van der Waals surface area contributed by atoms with Gasteiger partial charge in [-0.05, 0) is 17.5 Å². The van der Waals surface area contributed by atoms with Crippen LogP contribution in [0, 0.1) is 5.92 Å². The first-order chi connectivity index (χ1) is 7.22. The predicted octanol–water partition coefficient (Wildman–Crippen LogP) is 2.43. The largest absolute Gasteiger partial charge is 0.391 e. The maximum Gasteiger partial charge on any atom is 0.0784 e. The summed E-state index contributed by atoms with van der Waals surface area (Å²) in [6.45, 7) is 4.36. The summed E-state index contributed by atoms with van der Waals surface area (Å²) in [6, 6.07) is 8.44. The minimum atomic E-state index is -0.255. The molecule has 0 bridgehead atoms. The summed E-state index contributed by atoms with van der Waals surface area (Å²) >= 11 is 0. The number of rotatable bonds is 2. The fourth-order valence-corrected chi connectivity index (χ4v) is 2.24. The van der Waals surface area contributed by atoms with Crippen molar-refractivity contribution in [1.29, 1.82) is 0 Å². The Morgan fingerprint density at radius 2 is 2.20 bits per heavy atom. The normalized spacial score (nSPS) is 26.6. The highest BCUT2D eigenvalue weighted by Gasteiger charge is 2.29. The molecule has 0 saturated heterocycles. The summed E-state index contributed by atoms with van der Waals surface area (Å²) in [5.74, 6) is 0.508. The van der Waals surface area contributed by atoms with Crippen LogP contribution in [0.1, 0.15) is 25.8 Å². The molecule has 0 aliphatic carbocycles. The molecule has 0 fully saturated rings. The van der Waals surface area contributed by atoms with Gasteiger partial charge in [-0.1, -0.05) is 38.5 Å². The maximum absolute atomic E-state index is 10.1. The van der Waals surface area contributed by atoms with Crippen LogP contribution in [0.4, 0.5) is 5.69 Å². The first-order valence-corrected chi connectivity index (χ1v) is 5.75. The van der Waals surface area contributed by atoms with E-state index in [1.54, 1.807) is 0 Å². The number of aliphatic hydroxyl groups is 1. The molecule has 0 spiro atoms. The average Bonchev–Trinajstić information content (AvgIpc) is 2.27. The molecule has 2 nitrogen and oxygen atoms in total. The van der Waals surface area contributed by atoms with Crippen LogP contribution in [0.25, 0.3) is 0 Å². The standard InChI is InChI=1S/C13H19NO/c1-3-9(2)13-12(15)8-10-6-4-5-7-11(10)14-13/h4-7,9,12-15H,3,8H2,1-2H3. The first kappa shape index (κ1) is 10.5. The molecule has 0 saturated carbocycles. The molecule has 2 N–H and O–H groups in total. The van der Waals surface area contributed by atoms with E-state index in [0.29, 0.717) is 5.92 Å². The molecule has 1 aromatic carbocycles. The molecule has 82 valence electrons. The van der Waals surface area contributed by atoms with E-state index in [2.05, 4.69) is 31.3 Å². The van der Waals surface area contributed by atoms with Crippen molar-refractivity contribution < 1.29 is 5.11 Å². The van der Waals surface area contributed by atoms with Gasteiger partial charge < -0.3 is 10.4 Å². The molecule has 1 aromatic rings. The smallest absolute Gasteiger partial charge is 0.0784 e. The number of para-hydroxylation sites is 1. The molecular weight excluding hydrogens is 186 g/mol. The minimum absolute atomic E-state index is 0.199. The quantitative estimate of drug-likeness (QED) is 0.777. The molecule has 0 amide bonds. The van der Waals surface area contributed by atoms with E-state index in [1.807, 2.05) is 12.1 Å². The number of hydrogen-bond donors (Lipinski definition) is 2. The van der Waals surface area contributed by atoms with E-state index in [0.717, 1.165) is 12.8 Å². The van der Waals surface area contributed by atoms with Crippen LogP contribution in [0.15, 0.2) is 24.3 Å². The van der Waals surface area contributed by atoms with Gasteiger partial charge in [0.2, 0.25) is 0 Å². The summed E-state index contributed by atoms with van der Waals surface area (Å²) in [5.41, 5.74) is 2.41. The summed E-state index contributed by atoms with van der Waals surface area (Å²) in [7, 11) is 0. The van der Waals surface area contributed by atoms with Crippen molar-refractivity contribution >= 4 is 5.69 Å². The van der Waals surface area contributed by atoms with Crippen molar-refractivity contribution in [1.82, 2.24) is 0 Å². The molecule has 3 atom stereocenters. The highest BCUT2D eigenvalue weighted by atomic mass is 16.3. The minimum Gasteiger partial charge on any atom is -0.391 e. The van der Waals surface area contributed by atoms with Gasteiger partial charge in [0, 0.05) is 12.1 Å². The van der Waals surface area contributed by atoms with Crippen LogP contribution < -0.4 is 5.32 Å². The van der Waals surface area contributed by atoms with Crippen molar-refractivity contribution in [2.24, 2.45) is 5.92 Å². The van der Waals surface area contributed by atoms with Gasteiger partial charge in [-0.2, -0.15) is 0 Å². The summed E-state index contributed by atoms with van der Waals surface area (Å²) < 4.78 is 0. The number of anilines is 1. The van der Waals surface area contributed by atoms with Gasteiger partial charge in [0.1, 0.15) is 0 Å². The molecule has 0 radical (unpaired) electrons. The Morgan fingerprint density at radius 1 is 1.47 bits per heavy atom. The van der Waals surface area contributed by atoms with Crippen LogP contribution >= 0.6 is 0 Å². The molecule has 15 heavy (non-hydrogen) atoms. The lowest BCUT2D eigenvalue weighted by Crippen LogP contribution is -2.43. The van der Waals surface area contributed by atoms with E-state index in [4.69, 9.17) is 0 Å².